The summed E-state index contributed by atoms with van der Waals surface area (Å²) < 4.78 is 27.1. The molecule has 21 heavy (non-hydrogen) atoms. The van der Waals surface area contributed by atoms with Crippen molar-refractivity contribution in [1.82, 2.24) is 4.98 Å². The van der Waals surface area contributed by atoms with Gasteiger partial charge >= 0.3 is 0 Å². The number of aromatic amines is 1. The van der Waals surface area contributed by atoms with Gasteiger partial charge in [-0.05, 0) is 42.0 Å². The molecule has 7 heteroatoms. The predicted octanol–water partition coefficient (Wildman–Crippen LogP) is 2.70. The van der Waals surface area contributed by atoms with E-state index in [4.69, 9.17) is 0 Å². The molecular formula is C14H12N2O3S2. The van der Waals surface area contributed by atoms with E-state index >= 15 is 0 Å². The summed E-state index contributed by atoms with van der Waals surface area (Å²) >= 11 is 1.15. The fourth-order valence-electron chi connectivity index (χ4n) is 2.00. The van der Waals surface area contributed by atoms with Crippen LogP contribution in [0.5, 0.6) is 0 Å². The van der Waals surface area contributed by atoms with Gasteiger partial charge in [0.05, 0.1) is 11.2 Å². The third-order valence-corrected chi connectivity index (χ3v) is 5.82. The first-order valence-corrected chi connectivity index (χ1v) is 8.52. The number of fused-ring (bicyclic) bond motifs is 1. The molecular weight excluding hydrogens is 308 g/mol. The molecule has 2 N–H and O–H groups in total. The molecule has 0 fully saturated rings. The first-order chi connectivity index (χ1) is 9.95. The van der Waals surface area contributed by atoms with Gasteiger partial charge in [0.15, 0.2) is 0 Å². The monoisotopic (exact) mass is 320 g/mol. The maximum Gasteiger partial charge on any atom is 0.271 e. The van der Waals surface area contributed by atoms with E-state index in [1.807, 2.05) is 0 Å². The summed E-state index contributed by atoms with van der Waals surface area (Å²) in [6.07, 6.45) is 0. The fourth-order valence-corrected chi connectivity index (χ4v) is 4.04. The lowest BCUT2D eigenvalue weighted by Crippen LogP contribution is -2.12. The largest absolute Gasteiger partial charge is 0.322 e. The SMILES string of the molecule is Cc1cc2ccc(NS(=O)(=O)c3cccs3)cc2[nH]c1=O. The number of pyridine rings is 1. The molecule has 0 saturated heterocycles. The van der Waals surface area contributed by atoms with Gasteiger partial charge in [-0.2, -0.15) is 0 Å². The first kappa shape index (κ1) is 13.8. The van der Waals surface area contributed by atoms with Crippen molar-refractivity contribution >= 4 is 38.0 Å². The summed E-state index contributed by atoms with van der Waals surface area (Å²) in [6, 6.07) is 10.0. The van der Waals surface area contributed by atoms with E-state index < -0.39 is 10.0 Å². The van der Waals surface area contributed by atoms with E-state index in [0.29, 0.717) is 16.8 Å². The zero-order valence-corrected chi connectivity index (χ0v) is 12.7. The Labute approximate surface area is 125 Å². The quantitative estimate of drug-likeness (QED) is 0.779. The molecule has 0 aliphatic heterocycles. The topological polar surface area (TPSA) is 79.0 Å². The van der Waals surface area contributed by atoms with Gasteiger partial charge in [-0.3, -0.25) is 9.52 Å². The van der Waals surface area contributed by atoms with Crippen LogP contribution in [-0.4, -0.2) is 13.4 Å². The Hall–Kier alpha value is -2.12. The molecule has 0 spiro atoms. The van der Waals surface area contributed by atoms with Gasteiger partial charge in [0.1, 0.15) is 4.21 Å². The van der Waals surface area contributed by atoms with Crippen LogP contribution in [0.15, 0.2) is 50.8 Å². The maximum absolute atomic E-state index is 12.1. The van der Waals surface area contributed by atoms with Crippen molar-refractivity contribution < 1.29 is 8.42 Å². The van der Waals surface area contributed by atoms with E-state index in [0.717, 1.165) is 16.7 Å². The molecule has 3 aromatic rings. The fraction of sp³-hybridized carbons (Fsp3) is 0.0714. The van der Waals surface area contributed by atoms with E-state index in [2.05, 4.69) is 9.71 Å². The Morgan fingerprint density at radius 3 is 2.71 bits per heavy atom. The molecule has 0 aliphatic rings. The number of anilines is 1. The number of aryl methyl sites for hydroxylation is 1. The Kier molecular flexibility index (Phi) is 3.30. The van der Waals surface area contributed by atoms with Crippen LogP contribution in [0.25, 0.3) is 10.9 Å². The second-order valence-electron chi connectivity index (χ2n) is 4.62. The van der Waals surface area contributed by atoms with Crippen LogP contribution in [0, 0.1) is 6.92 Å². The number of hydrogen-bond acceptors (Lipinski definition) is 4. The number of nitrogens with one attached hydrogen (secondary N) is 2. The summed E-state index contributed by atoms with van der Waals surface area (Å²) in [4.78, 5) is 14.4. The zero-order chi connectivity index (χ0) is 15.0. The molecule has 5 nitrogen and oxygen atoms in total. The van der Waals surface area contributed by atoms with Crippen molar-refractivity contribution in [3.05, 3.63) is 57.7 Å². The molecule has 0 saturated carbocycles. The highest BCUT2D eigenvalue weighted by molar-refractivity contribution is 7.94. The standard InChI is InChI=1S/C14H12N2O3S2/c1-9-7-10-4-5-11(8-12(10)15-14(9)17)16-21(18,19)13-3-2-6-20-13/h2-8,16H,1H3,(H,15,17). The number of sulfonamides is 1. The lowest BCUT2D eigenvalue weighted by atomic mass is 10.1. The Morgan fingerprint density at radius 2 is 2.00 bits per heavy atom. The summed E-state index contributed by atoms with van der Waals surface area (Å²) in [5, 5.41) is 2.56. The second kappa shape index (κ2) is 5.01. The molecule has 0 radical (unpaired) electrons. The normalized spacial score (nSPS) is 11.7. The summed E-state index contributed by atoms with van der Waals surface area (Å²) in [7, 11) is -3.58. The molecule has 0 amide bonds. The van der Waals surface area contributed by atoms with Crippen molar-refractivity contribution in [3.8, 4) is 0 Å². The molecule has 0 atom stereocenters. The molecule has 1 aromatic carbocycles. The predicted molar refractivity (Wildman–Crippen MR) is 84.4 cm³/mol. The Morgan fingerprint density at radius 1 is 1.19 bits per heavy atom. The van der Waals surface area contributed by atoms with Crippen molar-refractivity contribution in [2.24, 2.45) is 0 Å². The van der Waals surface area contributed by atoms with Crippen molar-refractivity contribution in [1.29, 1.82) is 0 Å². The van der Waals surface area contributed by atoms with E-state index in [1.54, 1.807) is 48.7 Å². The summed E-state index contributed by atoms with van der Waals surface area (Å²) in [5.41, 5.74) is 1.45. The smallest absolute Gasteiger partial charge is 0.271 e. The summed E-state index contributed by atoms with van der Waals surface area (Å²) in [5.74, 6) is 0. The number of aromatic nitrogens is 1. The highest BCUT2D eigenvalue weighted by Crippen LogP contribution is 2.22. The van der Waals surface area contributed by atoms with Crippen LogP contribution in [0.4, 0.5) is 5.69 Å². The molecule has 3 rings (SSSR count). The molecule has 0 aliphatic carbocycles. The van der Waals surface area contributed by atoms with Crippen LogP contribution < -0.4 is 10.3 Å². The van der Waals surface area contributed by atoms with Gasteiger partial charge in [-0.15, -0.1) is 11.3 Å². The highest BCUT2D eigenvalue weighted by atomic mass is 32.2. The number of thiophene rings is 1. The van der Waals surface area contributed by atoms with Crippen molar-refractivity contribution in [3.63, 3.8) is 0 Å². The molecule has 2 heterocycles. The van der Waals surface area contributed by atoms with Crippen LogP contribution >= 0.6 is 11.3 Å². The Balaban J connectivity index is 2.02. The molecule has 0 bridgehead atoms. The minimum absolute atomic E-state index is 0.180. The molecule has 0 unspecified atom stereocenters. The van der Waals surface area contributed by atoms with Gasteiger partial charge in [-0.25, -0.2) is 8.42 Å². The second-order valence-corrected chi connectivity index (χ2v) is 7.48. The average Bonchev–Trinajstić information content (AvgIpc) is 2.95. The third-order valence-electron chi connectivity index (χ3n) is 3.04. The lowest BCUT2D eigenvalue weighted by Gasteiger charge is -2.07. The van der Waals surface area contributed by atoms with Crippen molar-refractivity contribution in [2.45, 2.75) is 11.1 Å². The molecule has 2 aromatic heterocycles. The number of benzene rings is 1. The minimum atomic E-state index is -3.58. The number of rotatable bonds is 3. The van der Waals surface area contributed by atoms with E-state index in [-0.39, 0.29) is 9.77 Å². The molecule has 108 valence electrons. The van der Waals surface area contributed by atoms with Gasteiger partial charge in [0, 0.05) is 5.56 Å². The third kappa shape index (κ3) is 2.70. The van der Waals surface area contributed by atoms with Crippen LogP contribution in [0.3, 0.4) is 0 Å². The number of H-pyrrole nitrogens is 1. The highest BCUT2D eigenvalue weighted by Gasteiger charge is 2.15. The van der Waals surface area contributed by atoms with Crippen molar-refractivity contribution in [2.75, 3.05) is 4.72 Å². The minimum Gasteiger partial charge on any atom is -0.322 e. The lowest BCUT2D eigenvalue weighted by molar-refractivity contribution is 0.603. The van der Waals surface area contributed by atoms with E-state index in [9.17, 15) is 13.2 Å². The van der Waals surface area contributed by atoms with Crippen LogP contribution in [0.2, 0.25) is 0 Å². The number of hydrogen-bond donors (Lipinski definition) is 2. The van der Waals surface area contributed by atoms with Crippen LogP contribution in [-0.2, 0) is 10.0 Å². The maximum atomic E-state index is 12.1. The van der Waals surface area contributed by atoms with Gasteiger partial charge in [-0.1, -0.05) is 12.1 Å². The Bertz CT molecular complexity index is 958. The zero-order valence-electron chi connectivity index (χ0n) is 11.1. The van der Waals surface area contributed by atoms with Gasteiger partial charge < -0.3 is 4.98 Å². The van der Waals surface area contributed by atoms with E-state index in [1.165, 1.54) is 0 Å². The van der Waals surface area contributed by atoms with Gasteiger partial charge in [0.25, 0.3) is 15.6 Å². The van der Waals surface area contributed by atoms with Crippen LogP contribution in [0.1, 0.15) is 5.56 Å². The first-order valence-electron chi connectivity index (χ1n) is 6.16. The summed E-state index contributed by atoms with van der Waals surface area (Å²) in [6.45, 7) is 1.73. The van der Waals surface area contributed by atoms with Gasteiger partial charge in [0.2, 0.25) is 0 Å². The average molecular weight is 320 g/mol.